The van der Waals surface area contributed by atoms with Crippen molar-refractivity contribution in [3.63, 3.8) is 0 Å². The number of hydrogen-bond donors (Lipinski definition) is 3. The second-order valence-electron chi connectivity index (χ2n) is 5.21. The zero-order valence-electron chi connectivity index (χ0n) is 11.9. The molecule has 1 heterocycles. The quantitative estimate of drug-likeness (QED) is 0.786. The Hall–Kier alpha value is -1.79. The van der Waals surface area contributed by atoms with Crippen LogP contribution in [0.25, 0.3) is 0 Å². The minimum Gasteiger partial charge on any atom is -0.351 e. The Balaban J connectivity index is 0.00000220. The van der Waals surface area contributed by atoms with E-state index in [0.717, 1.165) is 6.42 Å². The van der Waals surface area contributed by atoms with Gasteiger partial charge in [0.2, 0.25) is 0 Å². The van der Waals surface area contributed by atoms with Gasteiger partial charge in [0.1, 0.15) is 0 Å². The van der Waals surface area contributed by atoms with Crippen molar-refractivity contribution in [3.8, 4) is 0 Å². The van der Waals surface area contributed by atoms with E-state index in [1.54, 1.807) is 24.3 Å². The predicted molar refractivity (Wildman–Crippen MR) is 84.6 cm³/mol. The minimum atomic E-state index is -0.622. The maximum Gasteiger partial charge on any atom is 0.316 e. The molecule has 116 valence electrons. The average Bonchev–Trinajstić information content (AvgIpc) is 2.79. The van der Waals surface area contributed by atoms with Gasteiger partial charge in [0.25, 0.3) is 5.91 Å². The number of halogens is 1. The monoisotopic (exact) mass is 312 g/mol. The Morgan fingerprint density at radius 3 is 2.43 bits per heavy atom. The van der Waals surface area contributed by atoms with Crippen LogP contribution in [0.15, 0.2) is 24.3 Å². The first-order valence-corrected chi connectivity index (χ1v) is 6.68. The fourth-order valence-corrected chi connectivity index (χ4v) is 2.60. The molecule has 6 nitrogen and oxygen atoms in total. The summed E-state index contributed by atoms with van der Waals surface area (Å²) in [7, 11) is 0. The molecule has 0 aliphatic carbocycles. The normalized spacial score (nSPS) is 20.8. The van der Waals surface area contributed by atoms with Crippen LogP contribution >= 0.6 is 12.4 Å². The molecule has 1 aliphatic heterocycles. The number of nitrogens with two attached hydrogens (primary N) is 2. The van der Waals surface area contributed by atoms with Gasteiger partial charge in [0.15, 0.2) is 0 Å². The molecule has 1 aromatic carbocycles. The van der Waals surface area contributed by atoms with Crippen LogP contribution in [0.2, 0.25) is 0 Å². The Morgan fingerprint density at radius 2 is 1.95 bits per heavy atom. The van der Waals surface area contributed by atoms with Crippen LogP contribution in [-0.4, -0.2) is 36.0 Å². The summed E-state index contributed by atoms with van der Waals surface area (Å²) in [5.74, 6) is 0.379. The Bertz CT molecular complexity index is 506. The third-order valence-corrected chi connectivity index (χ3v) is 3.65. The summed E-state index contributed by atoms with van der Waals surface area (Å²) in [4.78, 5) is 25.0. The van der Waals surface area contributed by atoms with Crippen LogP contribution in [0.1, 0.15) is 23.7 Å². The molecule has 0 aromatic heterocycles. The highest BCUT2D eigenvalue weighted by Crippen LogP contribution is 2.24. The number of nitrogens with zero attached hydrogens (tertiary/aromatic N) is 1. The van der Waals surface area contributed by atoms with E-state index in [4.69, 9.17) is 11.5 Å². The highest BCUT2D eigenvalue weighted by molar-refractivity contribution is 5.95. The molecule has 2 rings (SSSR count). The second kappa shape index (κ2) is 7.28. The third-order valence-electron chi connectivity index (χ3n) is 3.65. The van der Waals surface area contributed by atoms with Gasteiger partial charge in [0, 0.05) is 23.8 Å². The van der Waals surface area contributed by atoms with Gasteiger partial charge in [-0.15, -0.1) is 12.4 Å². The van der Waals surface area contributed by atoms with Gasteiger partial charge in [-0.05, 0) is 50.1 Å². The van der Waals surface area contributed by atoms with Crippen LogP contribution in [0.3, 0.4) is 0 Å². The summed E-state index contributed by atoms with van der Waals surface area (Å²) < 4.78 is 0. The van der Waals surface area contributed by atoms with Gasteiger partial charge in [0.05, 0.1) is 0 Å². The van der Waals surface area contributed by atoms with Gasteiger partial charge < -0.3 is 21.7 Å². The van der Waals surface area contributed by atoms with E-state index >= 15 is 0 Å². The first kappa shape index (κ1) is 17.3. The van der Waals surface area contributed by atoms with E-state index in [-0.39, 0.29) is 24.4 Å². The third kappa shape index (κ3) is 4.09. The summed E-state index contributed by atoms with van der Waals surface area (Å²) in [5, 5.41) is 2.46. The molecular weight excluding hydrogens is 292 g/mol. The first-order chi connectivity index (χ1) is 9.51. The number of benzene rings is 1. The van der Waals surface area contributed by atoms with Crippen LogP contribution in [0, 0.1) is 5.92 Å². The molecule has 1 aliphatic rings. The molecule has 21 heavy (non-hydrogen) atoms. The lowest BCUT2D eigenvalue weighted by atomic mass is 10.1. The van der Waals surface area contributed by atoms with E-state index in [2.05, 4.69) is 5.32 Å². The number of amides is 3. The van der Waals surface area contributed by atoms with Crippen molar-refractivity contribution in [2.75, 3.05) is 18.4 Å². The van der Waals surface area contributed by atoms with Crippen molar-refractivity contribution >= 4 is 30.0 Å². The number of rotatable bonds is 3. The first-order valence-electron chi connectivity index (χ1n) is 6.68. The van der Waals surface area contributed by atoms with Crippen LogP contribution in [0.4, 0.5) is 10.5 Å². The number of carbonyl (C=O) groups excluding carboxylic acids is 2. The lowest BCUT2D eigenvalue weighted by Gasteiger charge is -2.21. The number of carbonyl (C=O) groups is 2. The highest BCUT2D eigenvalue weighted by atomic mass is 35.5. The Kier molecular flexibility index (Phi) is 5.99. The van der Waals surface area contributed by atoms with E-state index in [1.165, 1.54) is 0 Å². The standard InChI is InChI=1S/C14H20N4O2.ClH/c1-9-6-10(7-15)8-18(9)13(19)11-2-4-12(5-3-11)17-14(16)20;/h2-5,9-10H,6-8,15H2,1H3,(H3,16,17,20);1H. The molecule has 7 heteroatoms. The molecular formula is C14H21ClN4O2. The van der Waals surface area contributed by atoms with Crippen molar-refractivity contribution in [1.82, 2.24) is 4.90 Å². The van der Waals surface area contributed by atoms with E-state index in [0.29, 0.717) is 30.3 Å². The van der Waals surface area contributed by atoms with Crippen LogP contribution in [0.5, 0.6) is 0 Å². The maximum absolute atomic E-state index is 12.4. The largest absolute Gasteiger partial charge is 0.351 e. The lowest BCUT2D eigenvalue weighted by Crippen LogP contribution is -2.34. The summed E-state index contributed by atoms with van der Waals surface area (Å²) in [6.45, 7) is 3.35. The molecule has 0 spiro atoms. The van der Waals surface area contributed by atoms with Crippen LogP contribution < -0.4 is 16.8 Å². The summed E-state index contributed by atoms with van der Waals surface area (Å²) in [5.41, 5.74) is 11.9. The molecule has 3 amide bonds. The minimum absolute atomic E-state index is 0. The fourth-order valence-electron chi connectivity index (χ4n) is 2.60. The van der Waals surface area contributed by atoms with Crippen molar-refractivity contribution in [3.05, 3.63) is 29.8 Å². The zero-order valence-corrected chi connectivity index (χ0v) is 12.7. The number of urea groups is 1. The number of hydrogen-bond acceptors (Lipinski definition) is 3. The van der Waals surface area contributed by atoms with Gasteiger partial charge in [-0.3, -0.25) is 4.79 Å². The molecule has 2 atom stereocenters. The topological polar surface area (TPSA) is 101 Å². The van der Waals surface area contributed by atoms with Crippen molar-refractivity contribution < 1.29 is 9.59 Å². The van der Waals surface area contributed by atoms with E-state index in [1.807, 2.05) is 11.8 Å². The van der Waals surface area contributed by atoms with Gasteiger partial charge in [-0.25, -0.2) is 4.79 Å². The molecule has 0 radical (unpaired) electrons. The SMILES string of the molecule is CC1CC(CN)CN1C(=O)c1ccc(NC(N)=O)cc1.Cl. The van der Waals surface area contributed by atoms with Gasteiger partial charge in [-0.2, -0.15) is 0 Å². The Morgan fingerprint density at radius 1 is 1.33 bits per heavy atom. The van der Waals surface area contributed by atoms with Crippen molar-refractivity contribution in [1.29, 1.82) is 0 Å². The molecule has 1 saturated heterocycles. The number of primary amides is 1. The number of anilines is 1. The highest BCUT2D eigenvalue weighted by Gasteiger charge is 2.31. The van der Waals surface area contributed by atoms with E-state index < -0.39 is 6.03 Å². The molecule has 0 bridgehead atoms. The zero-order chi connectivity index (χ0) is 14.7. The van der Waals surface area contributed by atoms with Gasteiger partial charge >= 0.3 is 6.03 Å². The molecule has 0 saturated carbocycles. The summed E-state index contributed by atoms with van der Waals surface area (Å²) >= 11 is 0. The molecule has 1 fully saturated rings. The molecule has 5 N–H and O–H groups in total. The smallest absolute Gasteiger partial charge is 0.316 e. The molecule has 1 aromatic rings. The van der Waals surface area contributed by atoms with Crippen molar-refractivity contribution in [2.24, 2.45) is 17.4 Å². The van der Waals surface area contributed by atoms with Crippen LogP contribution in [-0.2, 0) is 0 Å². The van der Waals surface area contributed by atoms with Crippen molar-refractivity contribution in [2.45, 2.75) is 19.4 Å². The summed E-state index contributed by atoms with van der Waals surface area (Å²) in [6.07, 6.45) is 0.948. The fraction of sp³-hybridized carbons (Fsp3) is 0.429. The average molecular weight is 313 g/mol. The van der Waals surface area contributed by atoms with E-state index in [9.17, 15) is 9.59 Å². The van der Waals surface area contributed by atoms with Gasteiger partial charge in [-0.1, -0.05) is 0 Å². The number of likely N-dealkylation sites (tertiary alicyclic amines) is 1. The second-order valence-corrected chi connectivity index (χ2v) is 5.21. The maximum atomic E-state index is 12.4. The lowest BCUT2D eigenvalue weighted by molar-refractivity contribution is 0.0743. The molecule has 2 unspecified atom stereocenters. The summed E-state index contributed by atoms with van der Waals surface area (Å²) in [6, 6.07) is 6.30. The Labute approximate surface area is 130 Å². The predicted octanol–water partition coefficient (Wildman–Crippen LogP) is 1.41. The number of nitrogens with one attached hydrogen (secondary N) is 1.